The maximum Gasteiger partial charge on any atom is 0.356 e. The number of urea groups is 1. The van der Waals surface area contributed by atoms with Crippen LogP contribution < -0.4 is 5.32 Å². The number of hydrogen-bond acceptors (Lipinski definition) is 3. The van der Waals surface area contributed by atoms with E-state index in [-0.39, 0.29) is 23.5 Å². The van der Waals surface area contributed by atoms with E-state index in [2.05, 4.69) is 16.9 Å². The molecule has 100 valence electrons. The van der Waals surface area contributed by atoms with Crippen molar-refractivity contribution in [3.63, 3.8) is 0 Å². The van der Waals surface area contributed by atoms with Gasteiger partial charge in [-0.25, -0.2) is 14.6 Å². The number of nitrogens with zero attached hydrogens (tertiary/aromatic N) is 2. The Morgan fingerprint density at radius 1 is 1.58 bits per heavy atom. The van der Waals surface area contributed by atoms with Gasteiger partial charge in [-0.2, -0.15) is 0 Å². The van der Waals surface area contributed by atoms with Gasteiger partial charge in [0.2, 0.25) is 0 Å². The Bertz CT molecular complexity index is 512. The summed E-state index contributed by atoms with van der Waals surface area (Å²) in [5, 5.41) is 11.6. The number of rotatable bonds is 5. The van der Waals surface area contributed by atoms with Gasteiger partial charge in [0.1, 0.15) is 0 Å². The minimum atomic E-state index is -1.17. The second-order valence-electron chi connectivity index (χ2n) is 4.31. The van der Waals surface area contributed by atoms with Gasteiger partial charge in [-0.15, -0.1) is 6.58 Å². The summed E-state index contributed by atoms with van der Waals surface area (Å²) < 4.78 is 0. The van der Waals surface area contributed by atoms with E-state index in [0.717, 1.165) is 12.8 Å². The molecule has 2 amide bonds. The number of anilines is 1. The van der Waals surface area contributed by atoms with Gasteiger partial charge in [0, 0.05) is 18.8 Å². The van der Waals surface area contributed by atoms with Crippen molar-refractivity contribution in [3.05, 3.63) is 36.7 Å². The summed E-state index contributed by atoms with van der Waals surface area (Å²) in [5.74, 6) is -1.17. The molecule has 0 unspecified atom stereocenters. The van der Waals surface area contributed by atoms with Crippen LogP contribution in [0.3, 0.4) is 0 Å². The van der Waals surface area contributed by atoms with Crippen molar-refractivity contribution in [1.82, 2.24) is 9.88 Å². The van der Waals surface area contributed by atoms with Crippen molar-refractivity contribution in [3.8, 4) is 0 Å². The molecule has 1 heterocycles. The summed E-state index contributed by atoms with van der Waals surface area (Å²) >= 11 is 0. The Labute approximate surface area is 110 Å². The van der Waals surface area contributed by atoms with Gasteiger partial charge in [-0.05, 0) is 25.0 Å². The number of aromatic carboxylic acids is 1. The van der Waals surface area contributed by atoms with Crippen LogP contribution in [0.5, 0.6) is 0 Å². The number of carboxylic acids is 1. The predicted molar refractivity (Wildman–Crippen MR) is 70.1 cm³/mol. The molecule has 2 N–H and O–H groups in total. The molecule has 0 radical (unpaired) electrons. The third-order valence-electron chi connectivity index (χ3n) is 2.83. The van der Waals surface area contributed by atoms with Gasteiger partial charge in [0.25, 0.3) is 0 Å². The summed E-state index contributed by atoms with van der Waals surface area (Å²) in [4.78, 5) is 28.5. The average Bonchev–Trinajstić information content (AvgIpc) is 3.20. The normalized spacial score (nSPS) is 13.7. The second-order valence-corrected chi connectivity index (χ2v) is 4.31. The number of pyridine rings is 1. The minimum absolute atomic E-state index is 0.162. The molecular weight excluding hydrogens is 246 g/mol. The highest BCUT2D eigenvalue weighted by Crippen LogP contribution is 2.27. The number of hydrogen-bond donors (Lipinski definition) is 2. The lowest BCUT2D eigenvalue weighted by Gasteiger charge is -2.21. The fourth-order valence-corrected chi connectivity index (χ4v) is 1.79. The van der Waals surface area contributed by atoms with Crippen molar-refractivity contribution >= 4 is 17.7 Å². The van der Waals surface area contributed by atoms with Gasteiger partial charge in [0.15, 0.2) is 5.69 Å². The summed E-state index contributed by atoms with van der Waals surface area (Å²) in [5.41, 5.74) is 0.0416. The number of carbonyl (C=O) groups excluding carboxylic acids is 1. The van der Waals surface area contributed by atoms with E-state index in [1.807, 2.05) is 0 Å². The van der Waals surface area contributed by atoms with Crippen molar-refractivity contribution < 1.29 is 14.7 Å². The van der Waals surface area contributed by atoms with Gasteiger partial charge >= 0.3 is 12.0 Å². The largest absolute Gasteiger partial charge is 0.476 e. The number of nitrogens with one attached hydrogen (secondary N) is 1. The maximum absolute atomic E-state index is 12.1. The number of amides is 2. The topological polar surface area (TPSA) is 82.5 Å². The Hall–Kier alpha value is -2.37. The van der Waals surface area contributed by atoms with Crippen molar-refractivity contribution in [2.45, 2.75) is 18.9 Å². The lowest BCUT2D eigenvalue weighted by atomic mass is 10.3. The third-order valence-corrected chi connectivity index (χ3v) is 2.83. The molecule has 6 heteroatoms. The standard InChI is InChI=1S/C13H15N3O3/c1-2-8-16(9-5-6-9)13(19)15-10-4-3-7-14-11(10)12(17)18/h2-4,7,9H,1,5-6,8H2,(H,15,19)(H,17,18). The molecule has 19 heavy (non-hydrogen) atoms. The highest BCUT2D eigenvalue weighted by Gasteiger charge is 2.32. The molecule has 0 aliphatic heterocycles. The molecule has 0 spiro atoms. The zero-order chi connectivity index (χ0) is 13.8. The molecule has 6 nitrogen and oxygen atoms in total. The number of carbonyl (C=O) groups is 2. The van der Waals surface area contributed by atoms with Crippen LogP contribution in [0.15, 0.2) is 31.0 Å². The van der Waals surface area contributed by atoms with Gasteiger partial charge in [0.05, 0.1) is 5.69 Å². The fraction of sp³-hybridized carbons (Fsp3) is 0.308. The van der Waals surface area contributed by atoms with Gasteiger partial charge in [-0.3, -0.25) is 0 Å². The van der Waals surface area contributed by atoms with E-state index in [4.69, 9.17) is 5.11 Å². The Morgan fingerprint density at radius 3 is 2.89 bits per heavy atom. The predicted octanol–water partition coefficient (Wildman–Crippen LogP) is 1.96. The molecule has 1 saturated carbocycles. The summed E-state index contributed by atoms with van der Waals surface area (Å²) in [6, 6.07) is 3.01. The third kappa shape index (κ3) is 3.09. The Balaban J connectivity index is 2.13. The van der Waals surface area contributed by atoms with Crippen LogP contribution in [0.1, 0.15) is 23.3 Å². The molecule has 0 saturated heterocycles. The van der Waals surface area contributed by atoms with Crippen LogP contribution in [0.2, 0.25) is 0 Å². The van der Waals surface area contributed by atoms with E-state index >= 15 is 0 Å². The lowest BCUT2D eigenvalue weighted by molar-refractivity contribution is 0.0691. The first kappa shape index (κ1) is 13.1. The van der Waals surface area contributed by atoms with E-state index in [1.165, 1.54) is 12.3 Å². The van der Waals surface area contributed by atoms with Crippen molar-refractivity contribution in [2.24, 2.45) is 0 Å². The van der Waals surface area contributed by atoms with Crippen LogP contribution in [0.4, 0.5) is 10.5 Å². The molecule has 2 rings (SSSR count). The zero-order valence-electron chi connectivity index (χ0n) is 10.4. The second kappa shape index (κ2) is 5.51. The molecular formula is C13H15N3O3. The van der Waals surface area contributed by atoms with Crippen LogP contribution in [0.25, 0.3) is 0 Å². The van der Waals surface area contributed by atoms with E-state index < -0.39 is 5.97 Å². The molecule has 1 aliphatic carbocycles. The van der Waals surface area contributed by atoms with Crippen LogP contribution in [0, 0.1) is 0 Å². The van der Waals surface area contributed by atoms with E-state index in [1.54, 1.807) is 17.0 Å². The molecule has 1 fully saturated rings. The van der Waals surface area contributed by atoms with Crippen LogP contribution in [-0.4, -0.2) is 39.6 Å². The van der Waals surface area contributed by atoms with E-state index in [0.29, 0.717) is 6.54 Å². The average molecular weight is 261 g/mol. The Kier molecular flexibility index (Phi) is 3.79. The zero-order valence-corrected chi connectivity index (χ0v) is 10.4. The Morgan fingerprint density at radius 2 is 2.32 bits per heavy atom. The molecule has 1 aromatic rings. The highest BCUT2D eigenvalue weighted by atomic mass is 16.4. The first-order chi connectivity index (χ1) is 9.13. The molecule has 0 aromatic carbocycles. The van der Waals surface area contributed by atoms with Gasteiger partial charge in [-0.1, -0.05) is 6.08 Å². The summed E-state index contributed by atoms with van der Waals surface area (Å²) in [6.45, 7) is 4.06. The van der Waals surface area contributed by atoms with Gasteiger partial charge < -0.3 is 15.3 Å². The van der Waals surface area contributed by atoms with Crippen molar-refractivity contribution in [2.75, 3.05) is 11.9 Å². The van der Waals surface area contributed by atoms with Crippen molar-refractivity contribution in [1.29, 1.82) is 0 Å². The van der Waals surface area contributed by atoms with Crippen LogP contribution >= 0.6 is 0 Å². The van der Waals surface area contributed by atoms with Crippen LogP contribution in [-0.2, 0) is 0 Å². The highest BCUT2D eigenvalue weighted by molar-refractivity contribution is 5.98. The maximum atomic E-state index is 12.1. The summed E-state index contributed by atoms with van der Waals surface area (Å²) in [7, 11) is 0. The first-order valence-corrected chi connectivity index (χ1v) is 6.00. The molecule has 1 aromatic heterocycles. The monoisotopic (exact) mass is 261 g/mol. The van der Waals surface area contributed by atoms with E-state index in [9.17, 15) is 9.59 Å². The molecule has 0 atom stereocenters. The number of carboxylic acid groups (broad SMARTS) is 1. The first-order valence-electron chi connectivity index (χ1n) is 6.00. The fourth-order valence-electron chi connectivity index (χ4n) is 1.79. The lowest BCUT2D eigenvalue weighted by Crippen LogP contribution is -2.37. The minimum Gasteiger partial charge on any atom is -0.476 e. The smallest absolute Gasteiger partial charge is 0.356 e. The molecule has 0 bridgehead atoms. The quantitative estimate of drug-likeness (QED) is 0.794. The summed E-state index contributed by atoms with van der Waals surface area (Å²) in [6.07, 6.45) is 4.97. The number of aromatic nitrogens is 1. The molecule has 1 aliphatic rings. The SMILES string of the molecule is C=CCN(C(=O)Nc1cccnc1C(=O)O)C1CC1.